The van der Waals surface area contributed by atoms with Crippen molar-refractivity contribution in [2.24, 2.45) is 0 Å². The molecule has 1 rings (SSSR count). The van der Waals surface area contributed by atoms with Gasteiger partial charge in [0.05, 0.1) is 4.90 Å². The van der Waals surface area contributed by atoms with Crippen LogP contribution in [-0.4, -0.2) is 59.4 Å². The van der Waals surface area contributed by atoms with Crippen LogP contribution >= 0.6 is 0 Å². The molecule has 0 aliphatic rings. The van der Waals surface area contributed by atoms with Crippen LogP contribution in [-0.2, 0) is 14.9 Å². The fraction of sp³-hybridized carbons (Fsp3) is 0.125. The van der Waals surface area contributed by atoms with Gasteiger partial charge in [-0.2, -0.15) is 8.42 Å². The van der Waals surface area contributed by atoms with E-state index in [1.165, 1.54) is 31.2 Å². The van der Waals surface area contributed by atoms with Crippen molar-refractivity contribution in [2.45, 2.75) is 11.8 Å². The number of carbonyl (C=O) groups excluding carboxylic acids is 1. The zero-order valence-corrected chi connectivity index (χ0v) is 12.2. The summed E-state index contributed by atoms with van der Waals surface area (Å²) in [6.45, 7) is 1.31. The van der Waals surface area contributed by atoms with Gasteiger partial charge in [0, 0.05) is 42.2 Å². The van der Waals surface area contributed by atoms with Crippen LogP contribution in [0.1, 0.15) is 6.92 Å². The first-order valence-electron chi connectivity index (χ1n) is 3.75. The predicted molar refractivity (Wildman–Crippen MR) is 63.5 cm³/mol. The Kier molecular flexibility index (Phi) is 11.0. The summed E-state index contributed by atoms with van der Waals surface area (Å²) in [6, 6.07) is 5.36. The summed E-state index contributed by atoms with van der Waals surface area (Å²) in [7, 11) is -4.21. The Bertz CT molecular complexity index is 461. The SMILES string of the molecule is CC(=O)Nc1cccc(S(=O)(=O)O)c1.O.O.[Na]. The Hall–Kier alpha value is -0.480. The third kappa shape index (κ3) is 7.45. The first-order chi connectivity index (χ1) is 6.39. The van der Waals surface area contributed by atoms with Crippen LogP contribution < -0.4 is 5.32 Å². The number of hydrogen-bond donors (Lipinski definition) is 2. The smallest absolute Gasteiger partial charge is 0.294 e. The van der Waals surface area contributed by atoms with E-state index in [4.69, 9.17) is 4.55 Å². The molecule has 1 aromatic rings. The molecule has 17 heavy (non-hydrogen) atoms. The largest absolute Gasteiger partial charge is 0.412 e. The summed E-state index contributed by atoms with van der Waals surface area (Å²) in [5.74, 6) is -0.308. The zero-order valence-electron chi connectivity index (χ0n) is 9.39. The monoisotopic (exact) mass is 274 g/mol. The number of hydrogen-bond acceptors (Lipinski definition) is 3. The molecule has 0 unspecified atom stereocenters. The minimum atomic E-state index is -4.21. The maximum Gasteiger partial charge on any atom is 0.294 e. The van der Waals surface area contributed by atoms with Gasteiger partial charge < -0.3 is 16.3 Å². The molecule has 0 bridgehead atoms. The fourth-order valence-electron chi connectivity index (χ4n) is 0.938. The molecule has 0 saturated heterocycles. The van der Waals surface area contributed by atoms with Crippen LogP contribution in [0.25, 0.3) is 0 Å². The van der Waals surface area contributed by atoms with Crippen molar-refractivity contribution in [1.82, 2.24) is 0 Å². The van der Waals surface area contributed by atoms with Crippen molar-refractivity contribution in [2.75, 3.05) is 5.32 Å². The summed E-state index contributed by atoms with van der Waals surface area (Å²) in [5.41, 5.74) is 0.327. The molecule has 1 amide bonds. The number of anilines is 1. The molecule has 0 heterocycles. The number of rotatable bonds is 2. The average Bonchev–Trinajstić information content (AvgIpc) is 2.01. The summed E-state index contributed by atoms with van der Waals surface area (Å²) < 4.78 is 30.1. The number of benzene rings is 1. The number of nitrogens with one attached hydrogen (secondary N) is 1. The quantitative estimate of drug-likeness (QED) is 0.518. The molecule has 1 radical (unpaired) electrons. The fourth-order valence-corrected chi connectivity index (χ4v) is 1.46. The van der Waals surface area contributed by atoms with Crippen molar-refractivity contribution < 1.29 is 28.7 Å². The Balaban J connectivity index is -0.000000653. The average molecular weight is 274 g/mol. The van der Waals surface area contributed by atoms with E-state index in [-0.39, 0.29) is 51.3 Å². The van der Waals surface area contributed by atoms with Crippen molar-refractivity contribution in [3.63, 3.8) is 0 Å². The van der Waals surface area contributed by atoms with E-state index in [0.717, 1.165) is 0 Å². The molecular formula is C8H13NNaO6S. The van der Waals surface area contributed by atoms with Gasteiger partial charge in [0.25, 0.3) is 10.1 Å². The van der Waals surface area contributed by atoms with Gasteiger partial charge in [-0.3, -0.25) is 9.35 Å². The first kappa shape index (κ1) is 21.8. The second-order valence-electron chi connectivity index (χ2n) is 2.68. The van der Waals surface area contributed by atoms with Gasteiger partial charge in [-0.05, 0) is 18.2 Å². The summed E-state index contributed by atoms with van der Waals surface area (Å²) in [6.07, 6.45) is 0. The van der Waals surface area contributed by atoms with Crippen LogP contribution in [0.4, 0.5) is 5.69 Å². The Morgan fingerprint density at radius 2 is 1.82 bits per heavy atom. The number of carbonyl (C=O) groups is 1. The van der Waals surface area contributed by atoms with Crippen LogP contribution in [0.3, 0.4) is 0 Å². The van der Waals surface area contributed by atoms with Gasteiger partial charge in [-0.1, -0.05) is 6.07 Å². The van der Waals surface area contributed by atoms with E-state index in [0.29, 0.717) is 5.69 Å². The third-order valence-electron chi connectivity index (χ3n) is 1.45. The Morgan fingerprint density at radius 3 is 2.24 bits per heavy atom. The number of amides is 1. The molecule has 9 heteroatoms. The van der Waals surface area contributed by atoms with Crippen molar-refractivity contribution in [3.8, 4) is 0 Å². The van der Waals surface area contributed by atoms with Gasteiger partial charge in [0.2, 0.25) is 5.91 Å². The minimum absolute atomic E-state index is 0. The second kappa shape index (κ2) is 8.59. The Morgan fingerprint density at radius 1 is 1.29 bits per heavy atom. The summed E-state index contributed by atoms with van der Waals surface area (Å²) in [4.78, 5) is 10.4. The van der Waals surface area contributed by atoms with Crippen LogP contribution in [0.2, 0.25) is 0 Å². The Labute approximate surface area is 121 Å². The molecule has 0 fully saturated rings. The van der Waals surface area contributed by atoms with Crippen molar-refractivity contribution >= 4 is 51.3 Å². The van der Waals surface area contributed by atoms with Gasteiger partial charge in [0.1, 0.15) is 0 Å². The van der Waals surface area contributed by atoms with Crippen LogP contribution in [0.15, 0.2) is 29.2 Å². The van der Waals surface area contributed by atoms with E-state index >= 15 is 0 Å². The van der Waals surface area contributed by atoms with E-state index in [9.17, 15) is 13.2 Å². The van der Waals surface area contributed by atoms with Crippen LogP contribution in [0, 0.1) is 0 Å². The van der Waals surface area contributed by atoms with E-state index in [1.807, 2.05) is 0 Å². The van der Waals surface area contributed by atoms with E-state index in [1.54, 1.807) is 0 Å². The van der Waals surface area contributed by atoms with Crippen LogP contribution in [0.5, 0.6) is 0 Å². The maximum atomic E-state index is 10.7. The predicted octanol–water partition coefficient (Wildman–Crippen LogP) is -1.14. The van der Waals surface area contributed by atoms with Gasteiger partial charge in [-0.15, -0.1) is 0 Å². The summed E-state index contributed by atoms with van der Waals surface area (Å²) >= 11 is 0. The topological polar surface area (TPSA) is 146 Å². The molecule has 0 aliphatic heterocycles. The second-order valence-corrected chi connectivity index (χ2v) is 4.11. The van der Waals surface area contributed by atoms with Crippen molar-refractivity contribution in [1.29, 1.82) is 0 Å². The molecule has 7 nitrogen and oxygen atoms in total. The van der Waals surface area contributed by atoms with Gasteiger partial charge in [-0.25, -0.2) is 0 Å². The minimum Gasteiger partial charge on any atom is -0.412 e. The molecule has 93 valence electrons. The van der Waals surface area contributed by atoms with Gasteiger partial charge >= 0.3 is 0 Å². The van der Waals surface area contributed by atoms with Crippen molar-refractivity contribution in [3.05, 3.63) is 24.3 Å². The van der Waals surface area contributed by atoms with E-state index < -0.39 is 10.1 Å². The zero-order chi connectivity index (χ0) is 10.8. The molecule has 0 spiro atoms. The normalized spacial score (nSPS) is 9.06. The molecule has 0 aromatic heterocycles. The molecule has 6 N–H and O–H groups in total. The first-order valence-corrected chi connectivity index (χ1v) is 5.19. The molecule has 0 saturated carbocycles. The standard InChI is InChI=1S/C8H9NO4S.Na.2H2O/c1-6(10)9-7-3-2-4-8(5-7)14(11,12)13;;;/h2-5H,1H3,(H,9,10)(H,11,12,13);;2*1H2. The van der Waals surface area contributed by atoms with E-state index in [2.05, 4.69) is 5.32 Å². The molecule has 1 aromatic carbocycles. The van der Waals surface area contributed by atoms with Gasteiger partial charge in [0.15, 0.2) is 0 Å². The maximum absolute atomic E-state index is 10.7. The molecular weight excluding hydrogens is 261 g/mol. The molecule has 0 atom stereocenters. The molecule has 0 aliphatic carbocycles. The summed E-state index contributed by atoms with van der Waals surface area (Å²) in [5, 5.41) is 2.40. The third-order valence-corrected chi connectivity index (χ3v) is 2.30.